The Morgan fingerprint density at radius 3 is 2.92 bits per heavy atom. The van der Waals surface area contributed by atoms with Gasteiger partial charge in [-0.05, 0) is 25.8 Å². The predicted octanol–water partition coefficient (Wildman–Crippen LogP) is 0.749. The Balaban J connectivity index is 2.11. The second-order valence-electron chi connectivity index (χ2n) is 4.03. The largest absolute Gasteiger partial charge is 0.335 e. The van der Waals surface area contributed by atoms with Crippen molar-refractivity contribution in [1.82, 2.24) is 10.2 Å². The summed E-state index contributed by atoms with van der Waals surface area (Å²) in [6, 6.07) is 1.02. The Bertz CT molecular complexity index is 191. The van der Waals surface area contributed by atoms with E-state index >= 15 is 0 Å². The predicted molar refractivity (Wildman–Crippen MR) is 51.4 cm³/mol. The molecule has 13 heavy (non-hydrogen) atoms. The molecule has 2 saturated heterocycles. The van der Waals surface area contributed by atoms with Gasteiger partial charge in [0.15, 0.2) is 0 Å². The Labute approximate surface area is 79.5 Å². The van der Waals surface area contributed by atoms with Crippen LogP contribution in [0.5, 0.6) is 0 Å². The highest BCUT2D eigenvalue weighted by Crippen LogP contribution is 2.28. The smallest absolute Gasteiger partial charge is 0.222 e. The van der Waals surface area contributed by atoms with Crippen LogP contribution in [-0.2, 0) is 4.79 Å². The molecule has 0 aromatic heterocycles. The molecule has 0 radical (unpaired) electrons. The van der Waals surface area contributed by atoms with Crippen LogP contribution in [-0.4, -0.2) is 36.0 Å². The molecule has 2 aliphatic heterocycles. The van der Waals surface area contributed by atoms with Crippen LogP contribution < -0.4 is 5.32 Å². The molecule has 0 aliphatic carbocycles. The topological polar surface area (TPSA) is 32.3 Å². The minimum Gasteiger partial charge on any atom is -0.335 e. The zero-order valence-electron chi connectivity index (χ0n) is 8.25. The molecule has 3 heteroatoms. The fraction of sp³-hybridized carbons (Fsp3) is 0.900. The summed E-state index contributed by atoms with van der Waals surface area (Å²) < 4.78 is 0. The van der Waals surface area contributed by atoms with Gasteiger partial charge in [0.05, 0.1) is 0 Å². The van der Waals surface area contributed by atoms with Gasteiger partial charge in [0, 0.05) is 25.0 Å². The van der Waals surface area contributed by atoms with E-state index in [9.17, 15) is 4.79 Å². The van der Waals surface area contributed by atoms with Crippen molar-refractivity contribution in [3.8, 4) is 0 Å². The van der Waals surface area contributed by atoms with Gasteiger partial charge in [-0.2, -0.15) is 0 Å². The van der Waals surface area contributed by atoms with Gasteiger partial charge in [-0.1, -0.05) is 6.92 Å². The number of rotatable bonds is 1. The van der Waals surface area contributed by atoms with E-state index in [4.69, 9.17) is 0 Å². The zero-order valence-corrected chi connectivity index (χ0v) is 8.25. The number of hydrogen-bond donors (Lipinski definition) is 1. The Hall–Kier alpha value is -0.570. The summed E-state index contributed by atoms with van der Waals surface area (Å²) in [5, 5.41) is 3.39. The summed E-state index contributed by atoms with van der Waals surface area (Å²) in [4.78, 5) is 13.8. The number of hydrogen-bond acceptors (Lipinski definition) is 2. The highest BCUT2D eigenvalue weighted by atomic mass is 16.2. The maximum absolute atomic E-state index is 11.7. The number of fused-ring (bicyclic) bond motifs is 2. The van der Waals surface area contributed by atoms with E-state index in [0.717, 1.165) is 19.5 Å². The van der Waals surface area contributed by atoms with Crippen LogP contribution in [0.25, 0.3) is 0 Å². The number of nitrogens with zero attached hydrogens (tertiary/aromatic N) is 1. The summed E-state index contributed by atoms with van der Waals surface area (Å²) in [5.41, 5.74) is 0. The van der Waals surface area contributed by atoms with Gasteiger partial charge >= 0.3 is 0 Å². The lowest BCUT2D eigenvalue weighted by molar-refractivity contribution is -0.133. The Morgan fingerprint density at radius 1 is 1.38 bits per heavy atom. The van der Waals surface area contributed by atoms with Gasteiger partial charge in [0.25, 0.3) is 0 Å². The first-order valence-corrected chi connectivity index (χ1v) is 5.34. The standard InChI is InChI=1S/C10H18N2O/c1-2-10(13)12-8-3-4-9(12)7-11-6-5-8/h8-9,11H,2-7H2,1H3. The minimum atomic E-state index is 0.344. The fourth-order valence-electron chi connectivity index (χ4n) is 2.57. The quantitative estimate of drug-likeness (QED) is 0.649. The first-order valence-electron chi connectivity index (χ1n) is 5.34. The van der Waals surface area contributed by atoms with E-state index in [1.807, 2.05) is 6.92 Å². The van der Waals surface area contributed by atoms with Gasteiger partial charge in [0.2, 0.25) is 5.91 Å². The van der Waals surface area contributed by atoms with Crippen molar-refractivity contribution in [3.05, 3.63) is 0 Å². The van der Waals surface area contributed by atoms with Crippen molar-refractivity contribution >= 4 is 5.91 Å². The lowest BCUT2D eigenvalue weighted by Gasteiger charge is -2.27. The molecule has 0 spiro atoms. The highest BCUT2D eigenvalue weighted by Gasteiger charge is 2.36. The molecule has 2 unspecified atom stereocenters. The molecule has 2 bridgehead atoms. The van der Waals surface area contributed by atoms with Crippen LogP contribution >= 0.6 is 0 Å². The van der Waals surface area contributed by atoms with Crippen molar-refractivity contribution in [2.45, 2.75) is 44.7 Å². The lowest BCUT2D eigenvalue weighted by atomic mass is 10.1. The van der Waals surface area contributed by atoms with E-state index in [0.29, 0.717) is 24.4 Å². The van der Waals surface area contributed by atoms with Gasteiger partial charge in [0.1, 0.15) is 0 Å². The molecular formula is C10H18N2O. The molecule has 0 saturated carbocycles. The molecule has 2 atom stereocenters. The van der Waals surface area contributed by atoms with Crippen LogP contribution in [0.2, 0.25) is 0 Å². The van der Waals surface area contributed by atoms with Crippen LogP contribution in [0.15, 0.2) is 0 Å². The molecule has 2 fully saturated rings. The minimum absolute atomic E-state index is 0.344. The van der Waals surface area contributed by atoms with Crippen molar-refractivity contribution < 1.29 is 4.79 Å². The van der Waals surface area contributed by atoms with Crippen molar-refractivity contribution in [2.75, 3.05) is 13.1 Å². The third-order valence-corrected chi connectivity index (χ3v) is 3.24. The van der Waals surface area contributed by atoms with E-state index < -0.39 is 0 Å². The SMILES string of the molecule is CCC(=O)N1C2CCNCC1CC2. The lowest BCUT2D eigenvalue weighted by Crippen LogP contribution is -2.42. The van der Waals surface area contributed by atoms with E-state index in [1.54, 1.807) is 0 Å². The monoisotopic (exact) mass is 182 g/mol. The first-order chi connectivity index (χ1) is 6.33. The van der Waals surface area contributed by atoms with Crippen molar-refractivity contribution in [2.24, 2.45) is 0 Å². The van der Waals surface area contributed by atoms with Gasteiger partial charge in [-0.15, -0.1) is 0 Å². The third-order valence-electron chi connectivity index (χ3n) is 3.24. The van der Waals surface area contributed by atoms with Crippen LogP contribution in [0.4, 0.5) is 0 Å². The third kappa shape index (κ3) is 1.57. The number of amides is 1. The van der Waals surface area contributed by atoms with Crippen LogP contribution in [0.3, 0.4) is 0 Å². The summed E-state index contributed by atoms with van der Waals surface area (Å²) in [7, 11) is 0. The van der Waals surface area contributed by atoms with Crippen molar-refractivity contribution in [3.63, 3.8) is 0 Å². The summed E-state index contributed by atoms with van der Waals surface area (Å²) in [6.07, 6.45) is 4.22. The van der Waals surface area contributed by atoms with E-state index in [-0.39, 0.29) is 0 Å². The summed E-state index contributed by atoms with van der Waals surface area (Å²) in [5.74, 6) is 0.344. The molecular weight excluding hydrogens is 164 g/mol. The van der Waals surface area contributed by atoms with Crippen LogP contribution in [0.1, 0.15) is 32.6 Å². The summed E-state index contributed by atoms with van der Waals surface area (Å²) >= 11 is 0. The average molecular weight is 182 g/mol. The molecule has 2 aliphatic rings. The number of carbonyl (C=O) groups is 1. The molecule has 0 aromatic carbocycles. The fourth-order valence-corrected chi connectivity index (χ4v) is 2.57. The molecule has 74 valence electrons. The second-order valence-corrected chi connectivity index (χ2v) is 4.03. The first kappa shape index (κ1) is 9.00. The highest BCUT2D eigenvalue weighted by molar-refractivity contribution is 5.77. The van der Waals surface area contributed by atoms with E-state index in [1.165, 1.54) is 12.8 Å². The summed E-state index contributed by atoms with van der Waals surface area (Å²) in [6.45, 7) is 4.04. The Kier molecular flexibility index (Phi) is 2.54. The van der Waals surface area contributed by atoms with E-state index in [2.05, 4.69) is 10.2 Å². The molecule has 2 rings (SSSR count). The maximum atomic E-state index is 11.7. The maximum Gasteiger partial charge on any atom is 0.222 e. The molecule has 2 heterocycles. The number of nitrogens with one attached hydrogen (secondary N) is 1. The Morgan fingerprint density at radius 2 is 2.15 bits per heavy atom. The molecule has 0 aromatic rings. The van der Waals surface area contributed by atoms with Gasteiger partial charge in [-0.25, -0.2) is 0 Å². The number of carbonyl (C=O) groups excluding carboxylic acids is 1. The normalized spacial score (nSPS) is 33.2. The molecule has 3 nitrogen and oxygen atoms in total. The second kappa shape index (κ2) is 3.66. The average Bonchev–Trinajstić information content (AvgIpc) is 2.38. The molecule has 1 amide bonds. The van der Waals surface area contributed by atoms with Crippen molar-refractivity contribution in [1.29, 1.82) is 0 Å². The van der Waals surface area contributed by atoms with Crippen LogP contribution in [0, 0.1) is 0 Å². The zero-order chi connectivity index (χ0) is 9.26. The molecule has 1 N–H and O–H groups in total. The van der Waals surface area contributed by atoms with Gasteiger partial charge in [-0.3, -0.25) is 4.79 Å². The van der Waals surface area contributed by atoms with Gasteiger partial charge < -0.3 is 10.2 Å².